The lowest BCUT2D eigenvalue weighted by Gasteiger charge is -2.22. The fourth-order valence-corrected chi connectivity index (χ4v) is 2.57. The lowest BCUT2D eigenvalue weighted by Crippen LogP contribution is -2.27. The third-order valence-corrected chi connectivity index (χ3v) is 3.73. The Labute approximate surface area is 119 Å². The summed E-state index contributed by atoms with van der Waals surface area (Å²) in [5.41, 5.74) is 0. The Balaban J connectivity index is 1.63. The summed E-state index contributed by atoms with van der Waals surface area (Å²) in [6.45, 7) is 3.13. The summed E-state index contributed by atoms with van der Waals surface area (Å²) in [4.78, 5) is 14.1. The van der Waals surface area contributed by atoms with Crippen LogP contribution in [0.2, 0.25) is 0 Å². The molecular formula is C14H22N4O2. The van der Waals surface area contributed by atoms with Gasteiger partial charge in [0, 0.05) is 18.7 Å². The number of rotatable bonds is 7. The molecule has 1 fully saturated rings. The van der Waals surface area contributed by atoms with Gasteiger partial charge in [0.2, 0.25) is 5.82 Å². The molecule has 2 rings (SSSR count). The predicted octanol–water partition coefficient (Wildman–Crippen LogP) is 2.57. The average molecular weight is 278 g/mol. The van der Waals surface area contributed by atoms with E-state index in [0.29, 0.717) is 5.82 Å². The van der Waals surface area contributed by atoms with Gasteiger partial charge in [-0.05, 0) is 54.2 Å². The fraction of sp³-hybridized carbons (Fsp3) is 0.643. The Kier molecular flexibility index (Phi) is 5.73. The van der Waals surface area contributed by atoms with E-state index in [9.17, 15) is 10.1 Å². The predicted molar refractivity (Wildman–Crippen MR) is 78.8 cm³/mol. The molecule has 0 aliphatic carbocycles. The van der Waals surface area contributed by atoms with E-state index in [0.717, 1.165) is 32.0 Å². The first-order valence-electron chi connectivity index (χ1n) is 7.32. The molecule has 2 heterocycles. The Morgan fingerprint density at radius 3 is 2.90 bits per heavy atom. The van der Waals surface area contributed by atoms with Crippen molar-refractivity contribution in [2.45, 2.75) is 32.1 Å². The smallest absolute Gasteiger partial charge is 0.358 e. The zero-order valence-corrected chi connectivity index (χ0v) is 11.7. The number of nitro groups is 1. The molecule has 0 atom stereocenters. The van der Waals surface area contributed by atoms with Gasteiger partial charge in [-0.1, -0.05) is 12.8 Å². The minimum absolute atomic E-state index is 0.107. The van der Waals surface area contributed by atoms with Crippen LogP contribution in [-0.2, 0) is 0 Å². The first kappa shape index (κ1) is 14.7. The van der Waals surface area contributed by atoms with Crippen LogP contribution in [0.1, 0.15) is 32.1 Å². The number of anilines is 1. The van der Waals surface area contributed by atoms with E-state index in [1.807, 2.05) is 0 Å². The number of nitrogens with one attached hydrogen (secondary N) is 2. The van der Waals surface area contributed by atoms with Gasteiger partial charge in [0.05, 0.1) is 0 Å². The van der Waals surface area contributed by atoms with Crippen molar-refractivity contribution >= 4 is 11.6 Å². The SMILES string of the molecule is O=[N+]([O-])c1cccc(NCCCCC2CCNCC2)n1. The maximum absolute atomic E-state index is 10.6. The first-order chi connectivity index (χ1) is 9.75. The highest BCUT2D eigenvalue weighted by atomic mass is 16.6. The zero-order valence-electron chi connectivity index (χ0n) is 11.7. The topological polar surface area (TPSA) is 80.1 Å². The third kappa shape index (κ3) is 4.77. The molecule has 0 spiro atoms. The van der Waals surface area contributed by atoms with Crippen molar-refractivity contribution in [3.8, 4) is 0 Å². The molecule has 2 N–H and O–H groups in total. The standard InChI is InChI=1S/C14H22N4O2/c19-18(20)14-6-3-5-13(17-14)16-9-2-1-4-12-7-10-15-11-8-12/h3,5-6,12,15H,1-2,4,7-11H2,(H,16,17). The number of unbranched alkanes of at least 4 members (excludes halogenated alkanes) is 1. The molecule has 0 unspecified atom stereocenters. The van der Waals surface area contributed by atoms with Gasteiger partial charge in [0.15, 0.2) is 0 Å². The second kappa shape index (κ2) is 7.79. The molecule has 6 heteroatoms. The fourth-order valence-electron chi connectivity index (χ4n) is 2.57. The van der Waals surface area contributed by atoms with E-state index in [-0.39, 0.29) is 5.82 Å². The second-order valence-electron chi connectivity index (χ2n) is 5.25. The maximum atomic E-state index is 10.6. The molecule has 0 amide bonds. The second-order valence-corrected chi connectivity index (χ2v) is 5.25. The molecule has 1 aromatic rings. The number of hydrogen-bond acceptors (Lipinski definition) is 5. The van der Waals surface area contributed by atoms with Crippen molar-refractivity contribution in [3.63, 3.8) is 0 Å². The first-order valence-corrected chi connectivity index (χ1v) is 7.32. The van der Waals surface area contributed by atoms with E-state index in [4.69, 9.17) is 0 Å². The van der Waals surface area contributed by atoms with E-state index >= 15 is 0 Å². The van der Waals surface area contributed by atoms with Gasteiger partial charge in [-0.15, -0.1) is 0 Å². The number of hydrogen-bond donors (Lipinski definition) is 2. The summed E-state index contributed by atoms with van der Waals surface area (Å²) in [5.74, 6) is 1.35. The molecule has 1 aliphatic heterocycles. The van der Waals surface area contributed by atoms with Crippen LogP contribution in [0.5, 0.6) is 0 Å². The van der Waals surface area contributed by atoms with Crippen LogP contribution < -0.4 is 10.6 Å². The monoisotopic (exact) mass is 278 g/mol. The number of aromatic nitrogens is 1. The molecule has 20 heavy (non-hydrogen) atoms. The van der Waals surface area contributed by atoms with Gasteiger partial charge < -0.3 is 20.7 Å². The molecule has 0 radical (unpaired) electrons. The normalized spacial score (nSPS) is 16.0. The lowest BCUT2D eigenvalue weighted by molar-refractivity contribution is -0.389. The highest BCUT2D eigenvalue weighted by Crippen LogP contribution is 2.18. The number of piperidine rings is 1. The van der Waals surface area contributed by atoms with E-state index < -0.39 is 4.92 Å². The van der Waals surface area contributed by atoms with Crippen LogP contribution in [0.4, 0.5) is 11.6 Å². The largest absolute Gasteiger partial charge is 0.365 e. The van der Waals surface area contributed by atoms with Crippen LogP contribution in [-0.4, -0.2) is 29.5 Å². The minimum Gasteiger partial charge on any atom is -0.358 e. The summed E-state index contributed by atoms with van der Waals surface area (Å²) in [7, 11) is 0. The Hall–Kier alpha value is -1.69. The summed E-state index contributed by atoms with van der Waals surface area (Å²) < 4.78 is 0. The molecule has 0 saturated carbocycles. The van der Waals surface area contributed by atoms with Crippen molar-refractivity contribution < 1.29 is 4.92 Å². The summed E-state index contributed by atoms with van der Waals surface area (Å²) in [6, 6.07) is 4.82. The van der Waals surface area contributed by atoms with Gasteiger partial charge in [-0.3, -0.25) is 0 Å². The zero-order chi connectivity index (χ0) is 14.2. The Morgan fingerprint density at radius 1 is 1.35 bits per heavy atom. The molecule has 1 aromatic heterocycles. The van der Waals surface area contributed by atoms with Crippen LogP contribution >= 0.6 is 0 Å². The van der Waals surface area contributed by atoms with Crippen LogP contribution in [0.15, 0.2) is 18.2 Å². The van der Waals surface area contributed by atoms with Gasteiger partial charge in [-0.2, -0.15) is 0 Å². The van der Waals surface area contributed by atoms with Gasteiger partial charge >= 0.3 is 5.82 Å². The average Bonchev–Trinajstić information content (AvgIpc) is 2.48. The molecule has 1 saturated heterocycles. The quantitative estimate of drug-likeness (QED) is 0.455. The van der Waals surface area contributed by atoms with E-state index in [1.165, 1.54) is 31.7 Å². The van der Waals surface area contributed by atoms with Crippen molar-refractivity contribution in [1.82, 2.24) is 10.3 Å². The number of nitrogens with zero attached hydrogens (tertiary/aromatic N) is 2. The minimum atomic E-state index is -0.470. The van der Waals surface area contributed by atoms with Gasteiger partial charge in [-0.25, -0.2) is 0 Å². The van der Waals surface area contributed by atoms with Crippen LogP contribution in [0.3, 0.4) is 0 Å². The molecular weight excluding hydrogens is 256 g/mol. The maximum Gasteiger partial charge on any atom is 0.365 e. The summed E-state index contributed by atoms with van der Waals surface area (Å²) >= 11 is 0. The molecule has 110 valence electrons. The lowest BCUT2D eigenvalue weighted by atomic mass is 9.92. The third-order valence-electron chi connectivity index (χ3n) is 3.73. The Bertz CT molecular complexity index is 433. The summed E-state index contributed by atoms with van der Waals surface area (Å²) in [5, 5.41) is 17.1. The molecule has 1 aliphatic rings. The Morgan fingerprint density at radius 2 is 2.15 bits per heavy atom. The van der Waals surface area contributed by atoms with Crippen molar-refractivity contribution in [3.05, 3.63) is 28.3 Å². The molecule has 6 nitrogen and oxygen atoms in total. The van der Waals surface area contributed by atoms with Crippen molar-refractivity contribution in [1.29, 1.82) is 0 Å². The number of pyridine rings is 1. The molecule has 0 aromatic carbocycles. The van der Waals surface area contributed by atoms with Gasteiger partial charge in [0.1, 0.15) is 0 Å². The molecule has 0 bridgehead atoms. The highest BCUT2D eigenvalue weighted by Gasteiger charge is 2.12. The summed E-state index contributed by atoms with van der Waals surface area (Å²) in [6.07, 6.45) is 6.15. The van der Waals surface area contributed by atoms with E-state index in [2.05, 4.69) is 15.6 Å². The highest BCUT2D eigenvalue weighted by molar-refractivity contribution is 5.39. The van der Waals surface area contributed by atoms with Crippen molar-refractivity contribution in [2.24, 2.45) is 5.92 Å². The van der Waals surface area contributed by atoms with E-state index in [1.54, 1.807) is 12.1 Å². The van der Waals surface area contributed by atoms with Crippen molar-refractivity contribution in [2.75, 3.05) is 25.0 Å². The van der Waals surface area contributed by atoms with Crippen LogP contribution in [0, 0.1) is 16.0 Å². The van der Waals surface area contributed by atoms with Crippen LogP contribution in [0.25, 0.3) is 0 Å². The van der Waals surface area contributed by atoms with Gasteiger partial charge in [0.25, 0.3) is 0 Å².